The SMILES string of the molecule is CC(O)(Cn1ccc2cc(C(=O)N3CCC(c4cccc(CN)c4)CC3)ccc21)C(=O)O. The summed E-state index contributed by atoms with van der Waals surface area (Å²) in [4.78, 5) is 26.2. The Kier molecular flexibility index (Phi) is 6.04. The lowest BCUT2D eigenvalue weighted by atomic mass is 9.88. The van der Waals surface area contributed by atoms with Crippen LogP contribution in [-0.2, 0) is 17.9 Å². The third kappa shape index (κ3) is 4.40. The highest BCUT2D eigenvalue weighted by atomic mass is 16.4. The summed E-state index contributed by atoms with van der Waals surface area (Å²) in [5, 5.41) is 20.1. The second kappa shape index (κ2) is 8.76. The molecule has 4 N–H and O–H groups in total. The normalized spacial score (nSPS) is 16.8. The lowest BCUT2D eigenvalue weighted by Gasteiger charge is -2.32. The predicted octanol–water partition coefficient (Wildman–Crippen LogP) is 2.96. The second-order valence-electron chi connectivity index (χ2n) is 8.81. The number of piperidine rings is 1. The molecule has 1 fully saturated rings. The summed E-state index contributed by atoms with van der Waals surface area (Å²) in [7, 11) is 0. The van der Waals surface area contributed by atoms with Crippen LogP contribution in [0.15, 0.2) is 54.7 Å². The molecule has 2 heterocycles. The monoisotopic (exact) mass is 435 g/mol. The largest absolute Gasteiger partial charge is 0.479 e. The van der Waals surface area contributed by atoms with Crippen molar-refractivity contribution >= 4 is 22.8 Å². The van der Waals surface area contributed by atoms with Gasteiger partial charge in [0.05, 0.1) is 6.54 Å². The number of amides is 1. The number of likely N-dealkylation sites (tertiary alicyclic amines) is 1. The first-order valence-corrected chi connectivity index (χ1v) is 10.9. The molecule has 1 aliphatic rings. The Balaban J connectivity index is 1.44. The van der Waals surface area contributed by atoms with E-state index in [4.69, 9.17) is 5.73 Å². The molecule has 7 nitrogen and oxygen atoms in total. The molecule has 1 amide bonds. The first-order valence-electron chi connectivity index (χ1n) is 10.9. The zero-order chi connectivity index (χ0) is 22.9. The lowest BCUT2D eigenvalue weighted by Crippen LogP contribution is -2.39. The minimum Gasteiger partial charge on any atom is -0.479 e. The molecule has 0 saturated carbocycles. The molecule has 168 valence electrons. The van der Waals surface area contributed by atoms with Crippen molar-refractivity contribution in [3.63, 3.8) is 0 Å². The van der Waals surface area contributed by atoms with Gasteiger partial charge in [0.25, 0.3) is 5.91 Å². The number of benzene rings is 2. The Labute approximate surface area is 187 Å². The molecular weight excluding hydrogens is 406 g/mol. The van der Waals surface area contributed by atoms with Crippen LogP contribution in [0.3, 0.4) is 0 Å². The van der Waals surface area contributed by atoms with Crippen LogP contribution >= 0.6 is 0 Å². The zero-order valence-corrected chi connectivity index (χ0v) is 18.2. The summed E-state index contributed by atoms with van der Waals surface area (Å²) in [6.45, 7) is 3.14. The minimum atomic E-state index is -1.87. The molecule has 1 atom stereocenters. The number of fused-ring (bicyclic) bond motifs is 1. The maximum absolute atomic E-state index is 13.1. The fourth-order valence-electron chi connectivity index (χ4n) is 4.44. The third-order valence-electron chi connectivity index (χ3n) is 6.40. The van der Waals surface area contributed by atoms with E-state index in [1.807, 2.05) is 35.2 Å². The average Bonchev–Trinajstić information content (AvgIpc) is 3.20. The van der Waals surface area contributed by atoms with Crippen molar-refractivity contribution in [3.8, 4) is 0 Å². The van der Waals surface area contributed by atoms with Gasteiger partial charge in [-0.2, -0.15) is 0 Å². The second-order valence-corrected chi connectivity index (χ2v) is 8.81. The van der Waals surface area contributed by atoms with Crippen molar-refractivity contribution in [1.29, 1.82) is 0 Å². The van der Waals surface area contributed by atoms with Crippen molar-refractivity contribution in [2.24, 2.45) is 5.73 Å². The van der Waals surface area contributed by atoms with E-state index in [-0.39, 0.29) is 12.5 Å². The molecule has 4 rings (SSSR count). The number of aromatic nitrogens is 1. The maximum Gasteiger partial charge on any atom is 0.337 e. The van der Waals surface area contributed by atoms with Crippen LogP contribution in [0, 0.1) is 0 Å². The van der Waals surface area contributed by atoms with Crippen LogP contribution in [-0.4, -0.2) is 50.2 Å². The minimum absolute atomic E-state index is 0.00587. The van der Waals surface area contributed by atoms with E-state index >= 15 is 0 Å². The summed E-state index contributed by atoms with van der Waals surface area (Å²) in [6, 6.07) is 15.6. The van der Waals surface area contributed by atoms with E-state index < -0.39 is 11.6 Å². The molecule has 3 aromatic rings. The predicted molar refractivity (Wildman–Crippen MR) is 122 cm³/mol. The first-order chi connectivity index (χ1) is 15.3. The summed E-state index contributed by atoms with van der Waals surface area (Å²) < 4.78 is 1.69. The van der Waals surface area contributed by atoms with Crippen LogP contribution in [0.25, 0.3) is 10.9 Å². The zero-order valence-electron chi connectivity index (χ0n) is 18.2. The lowest BCUT2D eigenvalue weighted by molar-refractivity contribution is -0.157. The van der Waals surface area contributed by atoms with Gasteiger partial charge in [-0.15, -0.1) is 0 Å². The number of hydrogen-bond acceptors (Lipinski definition) is 4. The first kappa shape index (κ1) is 22.0. The van der Waals surface area contributed by atoms with Crippen molar-refractivity contribution in [1.82, 2.24) is 9.47 Å². The van der Waals surface area contributed by atoms with E-state index in [0.717, 1.165) is 29.3 Å². The van der Waals surface area contributed by atoms with E-state index in [9.17, 15) is 19.8 Å². The van der Waals surface area contributed by atoms with Gasteiger partial charge in [0.2, 0.25) is 0 Å². The molecular formula is C25H29N3O4. The van der Waals surface area contributed by atoms with Crippen LogP contribution in [0.4, 0.5) is 0 Å². The van der Waals surface area contributed by atoms with E-state index in [0.29, 0.717) is 31.1 Å². The van der Waals surface area contributed by atoms with E-state index in [1.165, 1.54) is 12.5 Å². The van der Waals surface area contributed by atoms with Gasteiger partial charge >= 0.3 is 5.97 Å². The third-order valence-corrected chi connectivity index (χ3v) is 6.40. The van der Waals surface area contributed by atoms with Crippen molar-refractivity contribution in [2.75, 3.05) is 13.1 Å². The summed E-state index contributed by atoms with van der Waals surface area (Å²) in [6.07, 6.45) is 3.57. The van der Waals surface area contributed by atoms with Crippen LogP contribution in [0.5, 0.6) is 0 Å². The molecule has 32 heavy (non-hydrogen) atoms. The van der Waals surface area contributed by atoms with Gasteiger partial charge in [-0.3, -0.25) is 4.79 Å². The maximum atomic E-state index is 13.1. The Morgan fingerprint density at radius 2 is 1.88 bits per heavy atom. The fraction of sp³-hybridized carbons (Fsp3) is 0.360. The molecule has 1 aromatic heterocycles. The number of hydrogen-bond donors (Lipinski definition) is 3. The summed E-state index contributed by atoms with van der Waals surface area (Å²) >= 11 is 0. The van der Waals surface area contributed by atoms with Gasteiger partial charge in [0, 0.05) is 42.3 Å². The van der Waals surface area contributed by atoms with Crippen molar-refractivity contribution in [3.05, 3.63) is 71.4 Å². The van der Waals surface area contributed by atoms with Gasteiger partial charge in [-0.05, 0) is 61.1 Å². The Morgan fingerprint density at radius 3 is 2.56 bits per heavy atom. The van der Waals surface area contributed by atoms with E-state index in [1.54, 1.807) is 16.8 Å². The van der Waals surface area contributed by atoms with Gasteiger partial charge in [0.15, 0.2) is 5.60 Å². The number of aliphatic carboxylic acids is 1. The van der Waals surface area contributed by atoms with Crippen LogP contribution < -0.4 is 5.73 Å². The highest BCUT2D eigenvalue weighted by Gasteiger charge is 2.31. The summed E-state index contributed by atoms with van der Waals surface area (Å²) in [5.74, 6) is -0.834. The van der Waals surface area contributed by atoms with Gasteiger partial charge in [0.1, 0.15) is 0 Å². The Bertz CT molecular complexity index is 1140. The average molecular weight is 436 g/mol. The molecule has 0 aliphatic carbocycles. The molecule has 7 heteroatoms. The topological polar surface area (TPSA) is 109 Å². The number of carbonyl (C=O) groups excluding carboxylic acids is 1. The highest BCUT2D eigenvalue weighted by molar-refractivity contribution is 5.98. The van der Waals surface area contributed by atoms with Gasteiger partial charge < -0.3 is 25.4 Å². The van der Waals surface area contributed by atoms with Gasteiger partial charge in [-0.25, -0.2) is 4.79 Å². The number of nitrogens with two attached hydrogens (primary N) is 1. The molecule has 1 saturated heterocycles. The highest BCUT2D eigenvalue weighted by Crippen LogP contribution is 2.30. The van der Waals surface area contributed by atoms with Crippen LogP contribution in [0.2, 0.25) is 0 Å². The van der Waals surface area contributed by atoms with Crippen molar-refractivity contribution < 1.29 is 19.8 Å². The van der Waals surface area contributed by atoms with Crippen LogP contribution in [0.1, 0.15) is 47.2 Å². The number of nitrogens with zero attached hydrogens (tertiary/aromatic N) is 2. The molecule has 0 radical (unpaired) electrons. The molecule has 2 aromatic carbocycles. The standard InChI is InChI=1S/C25H29N3O4/c1-25(32,24(30)31)16-28-12-9-20-14-21(5-6-22(20)28)23(29)27-10-7-18(8-11-27)19-4-2-3-17(13-19)15-26/h2-6,9,12-14,18,32H,7-8,10-11,15-16,26H2,1H3,(H,30,31). The number of aliphatic hydroxyl groups is 1. The van der Waals surface area contributed by atoms with Gasteiger partial charge in [-0.1, -0.05) is 24.3 Å². The number of carboxylic acids is 1. The summed E-state index contributed by atoms with van der Waals surface area (Å²) in [5.41, 5.74) is 7.72. The molecule has 0 spiro atoms. The smallest absolute Gasteiger partial charge is 0.337 e. The number of rotatable bonds is 6. The molecule has 1 aliphatic heterocycles. The Hall–Kier alpha value is -3.16. The van der Waals surface area contributed by atoms with Crippen molar-refractivity contribution in [2.45, 2.75) is 44.4 Å². The fourth-order valence-corrected chi connectivity index (χ4v) is 4.44. The Morgan fingerprint density at radius 1 is 1.12 bits per heavy atom. The molecule has 1 unspecified atom stereocenters. The number of carbonyl (C=O) groups is 2. The quantitative estimate of drug-likeness (QED) is 0.552. The van der Waals surface area contributed by atoms with E-state index in [2.05, 4.69) is 12.1 Å². The molecule has 0 bridgehead atoms. The number of carboxylic acid groups (broad SMARTS) is 1.